The van der Waals surface area contributed by atoms with Gasteiger partial charge >= 0.3 is 0 Å². The second kappa shape index (κ2) is 4.50. The van der Waals surface area contributed by atoms with Crippen LogP contribution in [0, 0.1) is 0 Å². The van der Waals surface area contributed by atoms with E-state index in [1.165, 1.54) is 6.08 Å². The van der Waals surface area contributed by atoms with Crippen molar-refractivity contribution in [2.45, 2.75) is 6.92 Å². The maximum Gasteiger partial charge on any atom is 0.245 e. The van der Waals surface area contributed by atoms with Crippen molar-refractivity contribution < 1.29 is 4.79 Å². The summed E-state index contributed by atoms with van der Waals surface area (Å²) in [6.07, 6.45) is 1.45. The third-order valence-electron chi connectivity index (χ3n) is 2.54. The van der Waals surface area contributed by atoms with Gasteiger partial charge in [0.25, 0.3) is 0 Å². The van der Waals surface area contributed by atoms with Crippen LogP contribution in [-0.4, -0.2) is 5.24 Å². The van der Waals surface area contributed by atoms with Crippen LogP contribution in [0.3, 0.4) is 0 Å². The fourth-order valence-corrected chi connectivity index (χ4v) is 1.98. The SMILES string of the molecule is C/C(=C/C(=O)Cl)c1cccc2ccccc12. The van der Waals surface area contributed by atoms with Gasteiger partial charge in [-0.3, -0.25) is 4.79 Å². The van der Waals surface area contributed by atoms with Gasteiger partial charge in [0.05, 0.1) is 0 Å². The quantitative estimate of drug-likeness (QED) is 0.563. The fourth-order valence-electron chi connectivity index (χ4n) is 1.82. The first-order chi connectivity index (χ1) is 7.68. The van der Waals surface area contributed by atoms with Crippen molar-refractivity contribution in [2.75, 3.05) is 0 Å². The summed E-state index contributed by atoms with van der Waals surface area (Å²) in [7, 11) is 0. The molecule has 2 rings (SSSR count). The molecular formula is C14H11ClO. The van der Waals surface area contributed by atoms with Crippen LogP contribution in [0.1, 0.15) is 12.5 Å². The zero-order valence-corrected chi connectivity index (χ0v) is 9.66. The minimum Gasteiger partial charge on any atom is -0.276 e. The van der Waals surface area contributed by atoms with Crippen molar-refractivity contribution in [1.82, 2.24) is 0 Å². The average Bonchev–Trinajstić information content (AvgIpc) is 2.27. The topological polar surface area (TPSA) is 17.1 Å². The normalized spacial score (nSPS) is 11.8. The van der Waals surface area contributed by atoms with E-state index in [9.17, 15) is 4.79 Å². The molecule has 0 aliphatic rings. The summed E-state index contributed by atoms with van der Waals surface area (Å²) in [6, 6.07) is 14.1. The molecule has 0 aliphatic heterocycles. The maximum atomic E-state index is 10.9. The third-order valence-corrected chi connectivity index (χ3v) is 2.65. The summed E-state index contributed by atoms with van der Waals surface area (Å²) in [6.45, 7) is 1.89. The van der Waals surface area contributed by atoms with Crippen molar-refractivity contribution >= 4 is 33.2 Å². The molecule has 1 nitrogen and oxygen atoms in total. The summed E-state index contributed by atoms with van der Waals surface area (Å²) in [5, 5.41) is 1.86. The predicted molar refractivity (Wildman–Crippen MR) is 68.5 cm³/mol. The highest BCUT2D eigenvalue weighted by atomic mass is 35.5. The van der Waals surface area contributed by atoms with Crippen molar-refractivity contribution in [3.05, 3.63) is 54.1 Å². The van der Waals surface area contributed by atoms with Gasteiger partial charge in [-0.15, -0.1) is 0 Å². The Labute approximate surface area is 99.3 Å². The van der Waals surface area contributed by atoms with Crippen molar-refractivity contribution in [2.24, 2.45) is 0 Å². The summed E-state index contributed by atoms with van der Waals surface area (Å²) >= 11 is 5.36. The number of benzene rings is 2. The van der Waals surface area contributed by atoms with Crippen LogP contribution >= 0.6 is 11.6 Å². The van der Waals surface area contributed by atoms with Crippen LogP contribution < -0.4 is 0 Å². The monoisotopic (exact) mass is 230 g/mol. The number of hydrogen-bond donors (Lipinski definition) is 0. The Morgan fingerprint density at radius 3 is 2.56 bits per heavy atom. The van der Waals surface area contributed by atoms with E-state index in [1.54, 1.807) is 0 Å². The van der Waals surface area contributed by atoms with E-state index in [2.05, 4.69) is 12.1 Å². The molecule has 0 bridgehead atoms. The Balaban J connectivity index is 2.65. The molecule has 0 aromatic heterocycles. The number of fused-ring (bicyclic) bond motifs is 1. The molecule has 2 aromatic carbocycles. The number of halogens is 1. The standard InChI is InChI=1S/C14H11ClO/c1-10(9-14(15)16)12-8-4-6-11-5-2-3-7-13(11)12/h2-9H,1H3/b10-9-. The van der Waals surface area contributed by atoms with Crippen LogP contribution in [0.2, 0.25) is 0 Å². The number of carbonyl (C=O) groups is 1. The maximum absolute atomic E-state index is 10.9. The largest absolute Gasteiger partial charge is 0.276 e. The van der Waals surface area contributed by atoms with Gasteiger partial charge in [0, 0.05) is 6.08 Å². The first-order valence-corrected chi connectivity index (χ1v) is 5.42. The van der Waals surface area contributed by atoms with Crippen LogP contribution in [0.15, 0.2) is 48.5 Å². The lowest BCUT2D eigenvalue weighted by Gasteiger charge is -2.05. The van der Waals surface area contributed by atoms with Crippen LogP contribution in [0.4, 0.5) is 0 Å². The van der Waals surface area contributed by atoms with E-state index >= 15 is 0 Å². The Morgan fingerprint density at radius 1 is 1.12 bits per heavy atom. The minimum absolute atomic E-state index is 0.439. The Morgan fingerprint density at radius 2 is 1.81 bits per heavy atom. The second-order valence-electron chi connectivity index (χ2n) is 3.66. The van der Waals surface area contributed by atoms with E-state index in [-0.39, 0.29) is 0 Å². The highest BCUT2D eigenvalue weighted by Crippen LogP contribution is 2.24. The molecule has 0 fully saturated rings. The fraction of sp³-hybridized carbons (Fsp3) is 0.0714. The minimum atomic E-state index is -0.439. The molecular weight excluding hydrogens is 220 g/mol. The van der Waals surface area contributed by atoms with Crippen molar-refractivity contribution in [3.63, 3.8) is 0 Å². The lowest BCUT2D eigenvalue weighted by molar-refractivity contribution is -0.107. The molecule has 0 saturated heterocycles. The van der Waals surface area contributed by atoms with Gasteiger partial charge in [0.2, 0.25) is 5.24 Å². The average molecular weight is 231 g/mol. The summed E-state index contributed by atoms with van der Waals surface area (Å²) < 4.78 is 0. The first-order valence-electron chi connectivity index (χ1n) is 5.04. The summed E-state index contributed by atoms with van der Waals surface area (Å²) in [5.74, 6) is 0. The van der Waals surface area contributed by atoms with Gasteiger partial charge in [-0.2, -0.15) is 0 Å². The molecule has 0 atom stereocenters. The van der Waals surface area contributed by atoms with Crippen molar-refractivity contribution in [1.29, 1.82) is 0 Å². The molecule has 0 unspecified atom stereocenters. The summed E-state index contributed by atoms with van der Waals surface area (Å²) in [4.78, 5) is 10.9. The Kier molecular flexibility index (Phi) is 3.07. The Bertz CT molecular complexity index is 564. The van der Waals surface area contributed by atoms with E-state index in [0.29, 0.717) is 0 Å². The van der Waals surface area contributed by atoms with E-state index in [0.717, 1.165) is 21.9 Å². The summed E-state index contributed by atoms with van der Waals surface area (Å²) in [5.41, 5.74) is 1.93. The first kappa shape index (κ1) is 10.9. The molecule has 0 aliphatic carbocycles. The number of rotatable bonds is 2. The predicted octanol–water partition coefficient (Wildman–Crippen LogP) is 4.01. The van der Waals surface area contributed by atoms with Gasteiger partial charge < -0.3 is 0 Å². The molecule has 0 saturated carbocycles. The zero-order chi connectivity index (χ0) is 11.5. The van der Waals surface area contributed by atoms with E-state index in [1.807, 2.05) is 37.3 Å². The lowest BCUT2D eigenvalue weighted by Crippen LogP contribution is -1.86. The molecule has 0 radical (unpaired) electrons. The van der Waals surface area contributed by atoms with E-state index < -0.39 is 5.24 Å². The molecule has 0 amide bonds. The molecule has 2 aromatic rings. The highest BCUT2D eigenvalue weighted by molar-refractivity contribution is 6.67. The van der Waals surface area contributed by atoms with Gasteiger partial charge in [-0.05, 0) is 40.4 Å². The van der Waals surface area contributed by atoms with E-state index in [4.69, 9.17) is 11.6 Å². The Hall–Kier alpha value is -1.60. The van der Waals surface area contributed by atoms with Crippen LogP contribution in [-0.2, 0) is 4.79 Å². The molecule has 0 spiro atoms. The number of allylic oxidation sites excluding steroid dienone is 2. The second-order valence-corrected chi connectivity index (χ2v) is 4.03. The van der Waals surface area contributed by atoms with Gasteiger partial charge in [0.15, 0.2) is 0 Å². The van der Waals surface area contributed by atoms with Crippen LogP contribution in [0.5, 0.6) is 0 Å². The number of hydrogen-bond acceptors (Lipinski definition) is 1. The van der Waals surface area contributed by atoms with Gasteiger partial charge in [-0.1, -0.05) is 42.5 Å². The molecule has 80 valence electrons. The highest BCUT2D eigenvalue weighted by Gasteiger charge is 2.02. The van der Waals surface area contributed by atoms with Gasteiger partial charge in [0.1, 0.15) is 0 Å². The smallest absolute Gasteiger partial charge is 0.245 e. The molecule has 2 heteroatoms. The lowest BCUT2D eigenvalue weighted by atomic mass is 9.99. The van der Waals surface area contributed by atoms with Crippen molar-refractivity contribution in [3.8, 4) is 0 Å². The zero-order valence-electron chi connectivity index (χ0n) is 8.91. The molecule has 0 heterocycles. The third kappa shape index (κ3) is 2.15. The van der Waals surface area contributed by atoms with Crippen LogP contribution in [0.25, 0.3) is 16.3 Å². The molecule has 16 heavy (non-hydrogen) atoms. The molecule has 0 N–H and O–H groups in total. The van der Waals surface area contributed by atoms with Gasteiger partial charge in [-0.25, -0.2) is 0 Å². The number of carbonyl (C=O) groups excluding carboxylic acids is 1.